The Bertz CT molecular complexity index is 908. The maximum Gasteiger partial charge on any atom is 0.269 e. The van der Waals surface area contributed by atoms with Crippen molar-refractivity contribution in [3.63, 3.8) is 0 Å². The molecule has 29 heavy (non-hydrogen) atoms. The molecule has 0 heterocycles. The van der Waals surface area contributed by atoms with Gasteiger partial charge in [-0.3, -0.25) is 24.6 Å². The Balaban J connectivity index is 2.13. The summed E-state index contributed by atoms with van der Waals surface area (Å²) in [7, 11) is 1.66. The number of carbonyl (C=O) groups is 2. The molecular weight excluding hydrogens is 403 g/mol. The summed E-state index contributed by atoms with van der Waals surface area (Å²) in [6.45, 7) is 0.180. The summed E-state index contributed by atoms with van der Waals surface area (Å²) in [6, 6.07) is 9.39. The third kappa shape index (κ3) is 6.51. The van der Waals surface area contributed by atoms with Gasteiger partial charge in [0.2, 0.25) is 11.8 Å². The number of nitrogens with two attached hydrogens (primary N) is 1. The number of benzene rings is 2. The van der Waals surface area contributed by atoms with E-state index in [0.717, 1.165) is 0 Å². The predicted molar refractivity (Wildman–Crippen MR) is 107 cm³/mol. The van der Waals surface area contributed by atoms with Crippen LogP contribution in [0.1, 0.15) is 12.0 Å². The summed E-state index contributed by atoms with van der Waals surface area (Å²) < 4.78 is 13.2. The van der Waals surface area contributed by atoms with Gasteiger partial charge in [0.15, 0.2) is 0 Å². The number of primary amides is 1. The summed E-state index contributed by atoms with van der Waals surface area (Å²) in [5.74, 6) is -1.36. The number of carbonyl (C=O) groups excluding carboxylic acids is 2. The zero-order chi connectivity index (χ0) is 21.6. The smallest absolute Gasteiger partial charge is 0.269 e. The fourth-order valence-electron chi connectivity index (χ4n) is 2.70. The van der Waals surface area contributed by atoms with E-state index in [1.54, 1.807) is 11.9 Å². The molecular formula is C19H20ClFN4O4. The molecule has 2 rings (SSSR count). The average Bonchev–Trinajstić information content (AvgIpc) is 2.64. The van der Waals surface area contributed by atoms with Crippen LogP contribution in [0.2, 0.25) is 5.02 Å². The molecule has 154 valence electrons. The van der Waals surface area contributed by atoms with Crippen molar-refractivity contribution in [3.05, 3.63) is 69.0 Å². The lowest BCUT2D eigenvalue weighted by molar-refractivity contribution is -0.384. The minimum absolute atomic E-state index is 0.0468. The first-order valence-corrected chi connectivity index (χ1v) is 9.00. The molecule has 2 aromatic carbocycles. The van der Waals surface area contributed by atoms with E-state index in [4.69, 9.17) is 17.3 Å². The Hall–Kier alpha value is -3.04. The summed E-state index contributed by atoms with van der Waals surface area (Å²) >= 11 is 6.11. The third-order valence-corrected chi connectivity index (χ3v) is 4.48. The number of anilines is 1. The van der Waals surface area contributed by atoms with Crippen molar-refractivity contribution in [2.75, 3.05) is 25.0 Å². The minimum Gasteiger partial charge on any atom is -0.370 e. The SMILES string of the molecule is CN(CC(=O)N(CCC(N)=O)c1ccc(F)cc1)Cc1cc([N+](=O)[O-])ccc1Cl. The zero-order valence-electron chi connectivity index (χ0n) is 15.7. The molecule has 2 N–H and O–H groups in total. The van der Waals surface area contributed by atoms with Crippen LogP contribution in [0.15, 0.2) is 42.5 Å². The fraction of sp³-hybridized carbons (Fsp3) is 0.263. The van der Waals surface area contributed by atoms with Gasteiger partial charge in [0, 0.05) is 42.4 Å². The molecule has 0 unspecified atom stereocenters. The van der Waals surface area contributed by atoms with Crippen molar-refractivity contribution in [2.24, 2.45) is 5.73 Å². The Labute approximate surface area is 171 Å². The van der Waals surface area contributed by atoms with Gasteiger partial charge in [0.1, 0.15) is 5.82 Å². The van der Waals surface area contributed by atoms with Gasteiger partial charge in [-0.1, -0.05) is 11.6 Å². The van der Waals surface area contributed by atoms with Crippen molar-refractivity contribution in [3.8, 4) is 0 Å². The van der Waals surface area contributed by atoms with E-state index in [1.807, 2.05) is 0 Å². The van der Waals surface area contributed by atoms with Crippen LogP contribution in [0, 0.1) is 15.9 Å². The van der Waals surface area contributed by atoms with E-state index in [-0.39, 0.29) is 37.6 Å². The van der Waals surface area contributed by atoms with Crippen LogP contribution in [0.4, 0.5) is 15.8 Å². The highest BCUT2D eigenvalue weighted by molar-refractivity contribution is 6.31. The number of nitro groups is 1. The summed E-state index contributed by atoms with van der Waals surface area (Å²) in [4.78, 5) is 37.3. The molecule has 0 saturated carbocycles. The molecule has 2 aromatic rings. The molecule has 0 aromatic heterocycles. The van der Waals surface area contributed by atoms with Crippen LogP contribution in [-0.2, 0) is 16.1 Å². The second-order valence-electron chi connectivity index (χ2n) is 6.44. The Morgan fingerprint density at radius 2 is 1.86 bits per heavy atom. The topological polar surface area (TPSA) is 110 Å². The van der Waals surface area contributed by atoms with Crippen LogP contribution in [-0.4, -0.2) is 41.8 Å². The molecule has 0 atom stereocenters. The normalized spacial score (nSPS) is 10.8. The van der Waals surface area contributed by atoms with Gasteiger partial charge in [-0.15, -0.1) is 0 Å². The van der Waals surface area contributed by atoms with Gasteiger partial charge >= 0.3 is 0 Å². The molecule has 0 aliphatic carbocycles. The Morgan fingerprint density at radius 1 is 1.21 bits per heavy atom. The molecule has 0 fully saturated rings. The average molecular weight is 423 g/mol. The van der Waals surface area contributed by atoms with Crippen LogP contribution in [0.3, 0.4) is 0 Å². The fourth-order valence-corrected chi connectivity index (χ4v) is 2.88. The lowest BCUT2D eigenvalue weighted by atomic mass is 10.2. The molecule has 0 saturated heterocycles. The van der Waals surface area contributed by atoms with E-state index < -0.39 is 16.6 Å². The van der Waals surface area contributed by atoms with Crippen LogP contribution in [0.5, 0.6) is 0 Å². The highest BCUT2D eigenvalue weighted by Crippen LogP contribution is 2.23. The highest BCUT2D eigenvalue weighted by Gasteiger charge is 2.19. The number of hydrogen-bond acceptors (Lipinski definition) is 5. The molecule has 0 spiro atoms. The molecule has 0 aliphatic heterocycles. The summed E-state index contributed by atoms with van der Waals surface area (Å²) in [6.07, 6.45) is -0.0520. The second-order valence-corrected chi connectivity index (χ2v) is 6.85. The number of rotatable bonds is 9. The molecule has 0 radical (unpaired) electrons. The highest BCUT2D eigenvalue weighted by atomic mass is 35.5. The quantitative estimate of drug-likeness (QED) is 0.493. The number of halogens is 2. The van der Waals surface area contributed by atoms with E-state index in [2.05, 4.69) is 0 Å². The maximum atomic E-state index is 13.2. The van der Waals surface area contributed by atoms with Crippen LogP contribution in [0.25, 0.3) is 0 Å². The first-order valence-electron chi connectivity index (χ1n) is 8.63. The predicted octanol–water partition coefficient (Wildman–Crippen LogP) is 2.73. The standard InChI is InChI=1S/C19H20ClFN4O4/c1-23(11-13-10-16(25(28)29)6-7-17(13)20)12-19(27)24(9-8-18(22)26)15-4-2-14(21)3-5-15/h2-7,10H,8-9,11-12H2,1H3,(H2,22,26). The van der Waals surface area contributed by atoms with Crippen LogP contribution < -0.4 is 10.6 Å². The lowest BCUT2D eigenvalue weighted by Gasteiger charge is -2.25. The number of likely N-dealkylation sites (N-methyl/N-ethyl adjacent to an activating group) is 1. The van der Waals surface area contributed by atoms with E-state index >= 15 is 0 Å². The van der Waals surface area contributed by atoms with Gasteiger partial charge in [-0.05, 0) is 42.9 Å². The summed E-state index contributed by atoms with van der Waals surface area (Å²) in [5, 5.41) is 11.3. The number of non-ortho nitro benzene ring substituents is 1. The first-order chi connectivity index (χ1) is 13.7. The first kappa shape index (κ1) is 22.3. The van der Waals surface area contributed by atoms with E-state index in [1.165, 1.54) is 47.4 Å². The molecule has 2 amide bonds. The molecule has 0 bridgehead atoms. The van der Waals surface area contributed by atoms with Gasteiger partial charge in [0.25, 0.3) is 5.69 Å². The van der Waals surface area contributed by atoms with Crippen LogP contribution >= 0.6 is 11.6 Å². The van der Waals surface area contributed by atoms with Crippen molar-refractivity contribution in [1.82, 2.24) is 4.90 Å². The molecule has 8 nitrogen and oxygen atoms in total. The summed E-state index contributed by atoms with van der Waals surface area (Å²) in [5.41, 5.74) is 6.02. The third-order valence-electron chi connectivity index (χ3n) is 4.11. The number of nitro benzene ring substituents is 1. The molecule has 0 aliphatic rings. The van der Waals surface area contributed by atoms with Gasteiger partial charge in [0.05, 0.1) is 11.5 Å². The molecule has 10 heteroatoms. The van der Waals surface area contributed by atoms with Gasteiger partial charge < -0.3 is 10.6 Å². The Morgan fingerprint density at radius 3 is 2.45 bits per heavy atom. The lowest BCUT2D eigenvalue weighted by Crippen LogP contribution is -2.40. The zero-order valence-corrected chi connectivity index (χ0v) is 16.4. The van der Waals surface area contributed by atoms with Crippen molar-refractivity contribution >= 4 is 34.8 Å². The van der Waals surface area contributed by atoms with E-state index in [0.29, 0.717) is 16.3 Å². The largest absolute Gasteiger partial charge is 0.370 e. The van der Waals surface area contributed by atoms with Crippen molar-refractivity contribution in [1.29, 1.82) is 0 Å². The Kier molecular flexibility index (Phi) is 7.63. The second kappa shape index (κ2) is 9.94. The van der Waals surface area contributed by atoms with Crippen molar-refractivity contribution < 1.29 is 18.9 Å². The van der Waals surface area contributed by atoms with E-state index in [9.17, 15) is 24.1 Å². The van der Waals surface area contributed by atoms with Gasteiger partial charge in [-0.25, -0.2) is 4.39 Å². The maximum absolute atomic E-state index is 13.2. The minimum atomic E-state index is -0.568. The van der Waals surface area contributed by atoms with Gasteiger partial charge in [-0.2, -0.15) is 0 Å². The monoisotopic (exact) mass is 422 g/mol. The number of hydrogen-bond donors (Lipinski definition) is 1. The number of amides is 2. The van der Waals surface area contributed by atoms with Crippen molar-refractivity contribution in [2.45, 2.75) is 13.0 Å². The number of nitrogens with zero attached hydrogens (tertiary/aromatic N) is 3.